The Bertz CT molecular complexity index is 547. The Balaban J connectivity index is 1.90. The molecule has 5 heteroatoms. The fourth-order valence-electron chi connectivity index (χ4n) is 3.33. The number of likely N-dealkylation sites (N-methyl/N-ethyl adjacent to an activating group) is 1. The average Bonchev–Trinajstić information content (AvgIpc) is 3.03. The average molecular weight is 334 g/mol. The molecule has 2 rings (SSSR count). The SMILES string of the molecule is CCC1CN(C(=O)C(C)OCc2cccc(OC)c2)CC1N(C)C. The molecule has 1 fully saturated rings. The van der Waals surface area contributed by atoms with Gasteiger partial charge in [0.25, 0.3) is 5.91 Å². The van der Waals surface area contributed by atoms with Gasteiger partial charge in [0.1, 0.15) is 11.9 Å². The van der Waals surface area contributed by atoms with Gasteiger partial charge in [0.15, 0.2) is 0 Å². The van der Waals surface area contributed by atoms with E-state index >= 15 is 0 Å². The van der Waals surface area contributed by atoms with Crippen LogP contribution in [-0.2, 0) is 16.1 Å². The van der Waals surface area contributed by atoms with Crippen LogP contribution in [0.15, 0.2) is 24.3 Å². The van der Waals surface area contributed by atoms with Crippen molar-refractivity contribution in [2.24, 2.45) is 5.92 Å². The summed E-state index contributed by atoms with van der Waals surface area (Å²) < 4.78 is 11.0. The molecule has 1 aromatic rings. The zero-order valence-electron chi connectivity index (χ0n) is 15.5. The molecule has 3 atom stereocenters. The van der Waals surface area contributed by atoms with Gasteiger partial charge in [-0.25, -0.2) is 0 Å². The Morgan fingerprint density at radius 3 is 2.71 bits per heavy atom. The van der Waals surface area contributed by atoms with Crippen LogP contribution in [0.5, 0.6) is 5.75 Å². The number of nitrogens with zero attached hydrogens (tertiary/aromatic N) is 2. The molecule has 1 aromatic carbocycles. The predicted octanol–water partition coefficient (Wildman–Crippen LogP) is 2.40. The molecule has 0 saturated carbocycles. The lowest BCUT2D eigenvalue weighted by molar-refractivity contribution is -0.142. The van der Waals surface area contributed by atoms with E-state index in [9.17, 15) is 4.79 Å². The van der Waals surface area contributed by atoms with Crippen molar-refractivity contribution in [3.63, 3.8) is 0 Å². The third-order valence-electron chi connectivity index (χ3n) is 4.89. The summed E-state index contributed by atoms with van der Waals surface area (Å²) in [6.45, 7) is 6.05. The van der Waals surface area contributed by atoms with Crippen LogP contribution < -0.4 is 4.74 Å². The molecule has 0 aliphatic carbocycles. The highest BCUT2D eigenvalue weighted by Gasteiger charge is 2.36. The lowest BCUT2D eigenvalue weighted by Gasteiger charge is -2.24. The highest BCUT2D eigenvalue weighted by atomic mass is 16.5. The number of amides is 1. The number of benzene rings is 1. The number of ether oxygens (including phenoxy) is 2. The van der Waals surface area contributed by atoms with Crippen molar-refractivity contribution in [1.29, 1.82) is 0 Å². The first-order valence-electron chi connectivity index (χ1n) is 8.66. The highest BCUT2D eigenvalue weighted by Crippen LogP contribution is 2.24. The molecule has 1 amide bonds. The maximum Gasteiger partial charge on any atom is 0.251 e. The van der Waals surface area contributed by atoms with Crippen LogP contribution in [0, 0.1) is 5.92 Å². The normalized spacial score (nSPS) is 22.0. The zero-order chi connectivity index (χ0) is 17.7. The molecule has 134 valence electrons. The Morgan fingerprint density at radius 2 is 2.12 bits per heavy atom. The van der Waals surface area contributed by atoms with Gasteiger partial charge in [0.05, 0.1) is 13.7 Å². The van der Waals surface area contributed by atoms with Crippen LogP contribution in [0.25, 0.3) is 0 Å². The van der Waals surface area contributed by atoms with Gasteiger partial charge in [-0.3, -0.25) is 4.79 Å². The first-order valence-corrected chi connectivity index (χ1v) is 8.66. The molecule has 0 aromatic heterocycles. The van der Waals surface area contributed by atoms with Gasteiger partial charge in [-0.2, -0.15) is 0 Å². The number of rotatable bonds is 7. The van der Waals surface area contributed by atoms with Gasteiger partial charge in [0, 0.05) is 19.1 Å². The van der Waals surface area contributed by atoms with Crippen LogP contribution in [0.4, 0.5) is 0 Å². The quantitative estimate of drug-likeness (QED) is 0.768. The summed E-state index contributed by atoms with van der Waals surface area (Å²) in [7, 11) is 5.82. The van der Waals surface area contributed by atoms with E-state index in [-0.39, 0.29) is 5.91 Å². The van der Waals surface area contributed by atoms with Gasteiger partial charge in [-0.15, -0.1) is 0 Å². The Morgan fingerprint density at radius 1 is 1.38 bits per heavy atom. The van der Waals surface area contributed by atoms with Crippen LogP contribution >= 0.6 is 0 Å². The van der Waals surface area contributed by atoms with Crippen LogP contribution in [-0.4, -0.2) is 62.1 Å². The van der Waals surface area contributed by atoms with Crippen molar-refractivity contribution in [2.45, 2.75) is 39.0 Å². The second-order valence-corrected chi connectivity index (χ2v) is 6.75. The summed E-state index contributed by atoms with van der Waals surface area (Å²) in [5.74, 6) is 1.42. The van der Waals surface area contributed by atoms with E-state index in [4.69, 9.17) is 9.47 Å². The first kappa shape index (κ1) is 18.7. The standard InChI is InChI=1S/C19H30N2O3/c1-6-16-11-21(12-18(16)20(3)4)19(22)14(2)24-13-15-8-7-9-17(10-15)23-5/h7-10,14,16,18H,6,11-13H2,1-5H3. The molecule has 5 nitrogen and oxygen atoms in total. The van der Waals surface area contributed by atoms with E-state index in [0.717, 1.165) is 30.8 Å². The second-order valence-electron chi connectivity index (χ2n) is 6.75. The van der Waals surface area contributed by atoms with Gasteiger partial charge in [-0.05, 0) is 44.6 Å². The zero-order valence-corrected chi connectivity index (χ0v) is 15.5. The van der Waals surface area contributed by atoms with E-state index in [1.165, 1.54) is 0 Å². The molecule has 1 aliphatic heterocycles. The maximum atomic E-state index is 12.7. The Hall–Kier alpha value is -1.59. The molecule has 0 spiro atoms. The van der Waals surface area contributed by atoms with Gasteiger partial charge < -0.3 is 19.3 Å². The Kier molecular flexibility index (Phi) is 6.63. The van der Waals surface area contributed by atoms with Crippen molar-refractivity contribution in [3.8, 4) is 5.75 Å². The van der Waals surface area contributed by atoms with Crippen molar-refractivity contribution in [2.75, 3.05) is 34.3 Å². The number of carbonyl (C=O) groups excluding carboxylic acids is 1. The van der Waals surface area contributed by atoms with Gasteiger partial charge >= 0.3 is 0 Å². The van der Waals surface area contributed by atoms with Crippen molar-refractivity contribution < 1.29 is 14.3 Å². The summed E-state index contributed by atoms with van der Waals surface area (Å²) >= 11 is 0. The van der Waals surface area contributed by atoms with Crippen molar-refractivity contribution in [1.82, 2.24) is 9.80 Å². The van der Waals surface area contributed by atoms with E-state index in [1.54, 1.807) is 7.11 Å². The third kappa shape index (κ3) is 4.48. The maximum absolute atomic E-state index is 12.7. The molecule has 0 bridgehead atoms. The second kappa shape index (κ2) is 8.49. The summed E-state index contributed by atoms with van der Waals surface area (Å²) in [5.41, 5.74) is 1.01. The first-order chi connectivity index (χ1) is 11.5. The van der Waals surface area contributed by atoms with E-state index in [0.29, 0.717) is 18.6 Å². The molecule has 0 radical (unpaired) electrons. The van der Waals surface area contributed by atoms with E-state index in [2.05, 4.69) is 25.9 Å². The summed E-state index contributed by atoms with van der Waals surface area (Å²) in [4.78, 5) is 16.9. The monoisotopic (exact) mass is 334 g/mol. The number of methoxy groups -OCH3 is 1. The minimum Gasteiger partial charge on any atom is -0.497 e. The number of carbonyl (C=O) groups is 1. The Labute approximate surface area is 145 Å². The fourth-order valence-corrected chi connectivity index (χ4v) is 3.33. The fraction of sp³-hybridized carbons (Fsp3) is 0.632. The molecule has 3 unspecified atom stereocenters. The molecule has 1 heterocycles. The summed E-state index contributed by atoms with van der Waals surface area (Å²) in [5, 5.41) is 0. The molecular formula is C19H30N2O3. The van der Waals surface area contributed by atoms with Crippen LogP contribution in [0.1, 0.15) is 25.8 Å². The number of hydrogen-bond donors (Lipinski definition) is 0. The van der Waals surface area contributed by atoms with Gasteiger partial charge in [-0.1, -0.05) is 25.5 Å². The molecule has 1 aliphatic rings. The van der Waals surface area contributed by atoms with E-state index in [1.807, 2.05) is 36.1 Å². The largest absolute Gasteiger partial charge is 0.497 e. The minimum atomic E-state index is -0.436. The van der Waals surface area contributed by atoms with E-state index < -0.39 is 6.10 Å². The number of likely N-dealkylation sites (tertiary alicyclic amines) is 1. The highest BCUT2D eigenvalue weighted by molar-refractivity contribution is 5.81. The molecule has 1 saturated heterocycles. The molecular weight excluding hydrogens is 304 g/mol. The minimum absolute atomic E-state index is 0.0840. The van der Waals surface area contributed by atoms with Crippen molar-refractivity contribution in [3.05, 3.63) is 29.8 Å². The topological polar surface area (TPSA) is 42.0 Å². The predicted molar refractivity (Wildman–Crippen MR) is 95.1 cm³/mol. The lowest BCUT2D eigenvalue weighted by Crippen LogP contribution is -2.40. The molecule has 24 heavy (non-hydrogen) atoms. The van der Waals surface area contributed by atoms with Crippen molar-refractivity contribution >= 4 is 5.91 Å². The molecule has 0 N–H and O–H groups in total. The van der Waals surface area contributed by atoms with Crippen LogP contribution in [0.3, 0.4) is 0 Å². The third-order valence-corrected chi connectivity index (χ3v) is 4.89. The van der Waals surface area contributed by atoms with Gasteiger partial charge in [0.2, 0.25) is 0 Å². The summed E-state index contributed by atoms with van der Waals surface area (Å²) in [6.07, 6.45) is 0.653. The summed E-state index contributed by atoms with van der Waals surface area (Å²) in [6, 6.07) is 8.17. The van der Waals surface area contributed by atoms with Crippen LogP contribution in [0.2, 0.25) is 0 Å². The number of hydrogen-bond acceptors (Lipinski definition) is 4. The smallest absolute Gasteiger partial charge is 0.251 e. The lowest BCUT2D eigenvalue weighted by atomic mass is 10.0.